The summed E-state index contributed by atoms with van der Waals surface area (Å²) in [7, 11) is 0. The third-order valence-corrected chi connectivity index (χ3v) is 6.83. The van der Waals surface area contributed by atoms with E-state index >= 15 is 0 Å². The number of carbonyl (C=O) groups excluding carboxylic acids is 1. The summed E-state index contributed by atoms with van der Waals surface area (Å²) in [4.78, 5) is 22.3. The van der Waals surface area contributed by atoms with E-state index in [1.165, 1.54) is 37.0 Å². The lowest BCUT2D eigenvalue weighted by atomic mass is 9.82. The normalized spacial score (nSPS) is 30.7. The molecule has 0 spiro atoms. The van der Waals surface area contributed by atoms with Crippen LogP contribution >= 0.6 is 11.3 Å². The van der Waals surface area contributed by atoms with Crippen molar-refractivity contribution in [2.45, 2.75) is 32.1 Å². The number of hydrogen-bond acceptors (Lipinski definition) is 5. The number of likely N-dealkylation sites (tertiary alicyclic amines) is 1. The van der Waals surface area contributed by atoms with Gasteiger partial charge < -0.3 is 14.9 Å². The van der Waals surface area contributed by atoms with Gasteiger partial charge in [-0.2, -0.15) is 0 Å². The molecule has 2 saturated heterocycles. The van der Waals surface area contributed by atoms with E-state index in [0.717, 1.165) is 54.4 Å². The number of amides is 1. The van der Waals surface area contributed by atoms with E-state index in [0.29, 0.717) is 5.92 Å². The maximum absolute atomic E-state index is 12.8. The largest absolute Gasteiger partial charge is 0.396 e. The summed E-state index contributed by atoms with van der Waals surface area (Å²) in [5.41, 5.74) is 0. The molecular formula is C17H25N3O2S. The van der Waals surface area contributed by atoms with E-state index < -0.39 is 0 Å². The standard InChI is InChI=1S/C17H25N3O2S/c21-11-12-5-6-19(8-12)17-18-7-15(23-17)16(22)20-9-13-3-1-2-4-14(13)10-20/h7,12-14,21H,1-6,8-11H2/t12-,13?,14?/m0/s1. The number of anilines is 1. The Balaban J connectivity index is 1.41. The zero-order chi connectivity index (χ0) is 15.8. The van der Waals surface area contributed by atoms with Crippen molar-refractivity contribution in [3.8, 4) is 0 Å². The molecular weight excluding hydrogens is 310 g/mol. The summed E-state index contributed by atoms with van der Waals surface area (Å²) >= 11 is 1.51. The molecule has 1 saturated carbocycles. The first kappa shape index (κ1) is 15.4. The van der Waals surface area contributed by atoms with Gasteiger partial charge in [0.15, 0.2) is 5.13 Å². The van der Waals surface area contributed by atoms with E-state index in [9.17, 15) is 9.90 Å². The quantitative estimate of drug-likeness (QED) is 0.920. The third kappa shape index (κ3) is 2.98. The minimum absolute atomic E-state index is 0.168. The maximum Gasteiger partial charge on any atom is 0.265 e. The number of fused-ring (bicyclic) bond motifs is 1. The molecule has 126 valence electrons. The lowest BCUT2D eigenvalue weighted by Crippen LogP contribution is -2.28. The fourth-order valence-electron chi connectivity index (χ4n) is 4.39. The second-order valence-corrected chi connectivity index (χ2v) is 8.31. The SMILES string of the molecule is O=C(c1cnc(N2CC[C@H](CO)C2)s1)N1CC2CCCCC2C1. The maximum atomic E-state index is 12.8. The molecule has 6 heteroatoms. The fourth-order valence-corrected chi connectivity index (χ4v) is 5.31. The third-order valence-electron chi connectivity index (χ3n) is 5.78. The summed E-state index contributed by atoms with van der Waals surface area (Å²) in [6.45, 7) is 3.90. The highest BCUT2D eigenvalue weighted by Crippen LogP contribution is 2.37. The Morgan fingerprint density at radius 3 is 2.61 bits per heavy atom. The van der Waals surface area contributed by atoms with Crippen LogP contribution < -0.4 is 4.90 Å². The molecule has 3 aliphatic rings. The van der Waals surface area contributed by atoms with Crippen molar-refractivity contribution in [1.82, 2.24) is 9.88 Å². The van der Waals surface area contributed by atoms with Gasteiger partial charge in [-0.15, -0.1) is 0 Å². The number of thiazole rings is 1. The van der Waals surface area contributed by atoms with Crippen molar-refractivity contribution in [3.63, 3.8) is 0 Å². The van der Waals surface area contributed by atoms with E-state index in [4.69, 9.17) is 0 Å². The van der Waals surface area contributed by atoms with Crippen molar-refractivity contribution in [1.29, 1.82) is 0 Å². The molecule has 0 bridgehead atoms. The lowest BCUT2D eigenvalue weighted by molar-refractivity contribution is 0.0788. The number of carbonyl (C=O) groups is 1. The summed E-state index contributed by atoms with van der Waals surface area (Å²) in [5, 5.41) is 10.2. The number of nitrogens with zero attached hydrogens (tertiary/aromatic N) is 3. The Hall–Kier alpha value is -1.14. The first-order valence-electron chi connectivity index (χ1n) is 8.85. The molecule has 0 radical (unpaired) electrons. The Bertz CT molecular complexity index is 562. The first-order valence-corrected chi connectivity index (χ1v) is 9.67. The van der Waals surface area contributed by atoms with Crippen molar-refractivity contribution >= 4 is 22.4 Å². The molecule has 1 amide bonds. The zero-order valence-corrected chi connectivity index (χ0v) is 14.3. The number of hydrogen-bond donors (Lipinski definition) is 1. The predicted molar refractivity (Wildman–Crippen MR) is 90.9 cm³/mol. The van der Waals surface area contributed by atoms with Crippen LogP contribution in [0.3, 0.4) is 0 Å². The molecule has 2 unspecified atom stereocenters. The van der Waals surface area contributed by atoms with Crippen molar-refractivity contribution in [2.24, 2.45) is 17.8 Å². The molecule has 3 fully saturated rings. The lowest BCUT2D eigenvalue weighted by Gasteiger charge is -2.22. The molecule has 23 heavy (non-hydrogen) atoms. The molecule has 0 aromatic carbocycles. The highest BCUT2D eigenvalue weighted by atomic mass is 32.1. The van der Waals surface area contributed by atoms with Crippen LogP contribution in [0.2, 0.25) is 0 Å². The van der Waals surface area contributed by atoms with E-state index in [1.54, 1.807) is 6.20 Å². The van der Waals surface area contributed by atoms with Crippen molar-refractivity contribution in [2.75, 3.05) is 37.7 Å². The van der Waals surface area contributed by atoms with Gasteiger partial charge in [-0.3, -0.25) is 4.79 Å². The average Bonchev–Trinajstić information content (AvgIpc) is 3.30. The summed E-state index contributed by atoms with van der Waals surface area (Å²) in [6.07, 6.45) is 7.99. The van der Waals surface area contributed by atoms with E-state index in [2.05, 4.69) is 14.8 Å². The molecule has 3 heterocycles. The number of aromatic nitrogens is 1. The van der Waals surface area contributed by atoms with Crippen LogP contribution in [0.4, 0.5) is 5.13 Å². The Kier molecular flexibility index (Phi) is 4.28. The molecule has 1 aromatic rings. The molecule has 2 aliphatic heterocycles. The molecule has 1 aliphatic carbocycles. The Morgan fingerprint density at radius 1 is 1.22 bits per heavy atom. The Morgan fingerprint density at radius 2 is 1.96 bits per heavy atom. The molecule has 3 atom stereocenters. The molecule has 4 rings (SSSR count). The van der Waals surface area contributed by atoms with Gasteiger partial charge in [0.25, 0.3) is 5.91 Å². The number of aliphatic hydroxyl groups is 1. The van der Waals surface area contributed by atoms with Crippen molar-refractivity contribution < 1.29 is 9.90 Å². The minimum Gasteiger partial charge on any atom is -0.396 e. The van der Waals surface area contributed by atoms with Crippen LogP contribution in [0.25, 0.3) is 0 Å². The first-order chi connectivity index (χ1) is 11.2. The smallest absolute Gasteiger partial charge is 0.265 e. The predicted octanol–water partition coefficient (Wildman–Crippen LogP) is 2.22. The molecule has 5 nitrogen and oxygen atoms in total. The molecule has 1 N–H and O–H groups in total. The number of rotatable bonds is 3. The van der Waals surface area contributed by atoms with Crippen LogP contribution in [-0.4, -0.2) is 53.7 Å². The summed E-state index contributed by atoms with van der Waals surface area (Å²) in [5.74, 6) is 1.97. The fraction of sp³-hybridized carbons (Fsp3) is 0.765. The van der Waals surface area contributed by atoms with Crippen LogP contribution in [0.5, 0.6) is 0 Å². The average molecular weight is 335 g/mol. The van der Waals surface area contributed by atoms with Crippen molar-refractivity contribution in [3.05, 3.63) is 11.1 Å². The second-order valence-electron chi connectivity index (χ2n) is 7.31. The van der Waals surface area contributed by atoms with E-state index in [-0.39, 0.29) is 12.5 Å². The second kappa shape index (κ2) is 6.40. The zero-order valence-electron chi connectivity index (χ0n) is 13.5. The van der Waals surface area contributed by atoms with Crippen LogP contribution in [0.15, 0.2) is 6.20 Å². The van der Waals surface area contributed by atoms with Gasteiger partial charge in [0.05, 0.1) is 6.20 Å². The monoisotopic (exact) mass is 335 g/mol. The summed E-state index contributed by atoms with van der Waals surface area (Å²) < 4.78 is 0. The minimum atomic E-state index is 0.168. The van der Waals surface area contributed by atoms with Gasteiger partial charge in [-0.1, -0.05) is 24.2 Å². The van der Waals surface area contributed by atoms with Crippen LogP contribution in [-0.2, 0) is 0 Å². The van der Waals surface area contributed by atoms with Gasteiger partial charge in [-0.25, -0.2) is 4.98 Å². The van der Waals surface area contributed by atoms with Gasteiger partial charge in [0.1, 0.15) is 4.88 Å². The van der Waals surface area contributed by atoms with Crippen LogP contribution in [0.1, 0.15) is 41.8 Å². The Labute approximate surface area is 141 Å². The van der Waals surface area contributed by atoms with Gasteiger partial charge in [-0.05, 0) is 31.1 Å². The summed E-state index contributed by atoms with van der Waals surface area (Å²) in [6, 6.07) is 0. The molecule has 1 aromatic heterocycles. The van der Waals surface area contributed by atoms with Crippen LogP contribution in [0, 0.1) is 17.8 Å². The van der Waals surface area contributed by atoms with Gasteiger partial charge >= 0.3 is 0 Å². The van der Waals surface area contributed by atoms with Gasteiger partial charge in [0, 0.05) is 38.7 Å². The highest BCUT2D eigenvalue weighted by Gasteiger charge is 2.37. The topological polar surface area (TPSA) is 56.7 Å². The van der Waals surface area contributed by atoms with Gasteiger partial charge in [0.2, 0.25) is 0 Å². The number of aliphatic hydroxyl groups excluding tert-OH is 1. The highest BCUT2D eigenvalue weighted by molar-refractivity contribution is 7.17. The van der Waals surface area contributed by atoms with E-state index in [1.807, 2.05) is 0 Å².